The van der Waals surface area contributed by atoms with E-state index in [-0.39, 0.29) is 12.0 Å². The lowest BCUT2D eigenvalue weighted by Crippen LogP contribution is -2.29. The second kappa shape index (κ2) is 7.23. The van der Waals surface area contributed by atoms with Gasteiger partial charge in [0.1, 0.15) is 6.10 Å². The van der Waals surface area contributed by atoms with Crippen molar-refractivity contribution >= 4 is 23.3 Å². The number of hydrogen-bond acceptors (Lipinski definition) is 6. The smallest absolute Gasteiger partial charge is 0.278 e. The summed E-state index contributed by atoms with van der Waals surface area (Å²) in [5.41, 5.74) is 0. The Morgan fingerprint density at radius 2 is 2.22 bits per heavy atom. The fraction of sp³-hybridized carbons (Fsp3) is 0.312. The van der Waals surface area contributed by atoms with Crippen LogP contribution in [-0.4, -0.2) is 47.1 Å². The van der Waals surface area contributed by atoms with Gasteiger partial charge in [-0.2, -0.15) is 0 Å². The van der Waals surface area contributed by atoms with Crippen LogP contribution in [0.15, 0.2) is 36.0 Å². The average Bonchev–Trinajstić information content (AvgIpc) is 3.25. The third-order valence-electron chi connectivity index (χ3n) is 3.49. The van der Waals surface area contributed by atoms with Crippen LogP contribution >= 0.6 is 11.3 Å². The molecule has 1 saturated heterocycles. The maximum absolute atomic E-state index is 12.2. The first-order valence-corrected chi connectivity index (χ1v) is 8.16. The summed E-state index contributed by atoms with van der Waals surface area (Å²) in [7, 11) is 1.52. The maximum atomic E-state index is 12.2. The van der Waals surface area contributed by atoms with E-state index >= 15 is 0 Å². The zero-order valence-corrected chi connectivity index (χ0v) is 13.5. The number of rotatable bonds is 5. The SMILES string of the molecule is COc1nccnc1OC1CCN(C(=O)C=Cc2cccs2)C1. The number of thiophene rings is 1. The number of carbonyl (C=O) groups excluding carboxylic acids is 1. The van der Waals surface area contributed by atoms with Gasteiger partial charge in [0.25, 0.3) is 11.8 Å². The second-order valence-electron chi connectivity index (χ2n) is 5.03. The molecule has 6 nitrogen and oxygen atoms in total. The average molecular weight is 331 g/mol. The van der Waals surface area contributed by atoms with E-state index < -0.39 is 0 Å². The molecule has 1 fully saturated rings. The topological polar surface area (TPSA) is 64.6 Å². The first-order valence-electron chi connectivity index (χ1n) is 7.28. The Hall–Kier alpha value is -2.41. The summed E-state index contributed by atoms with van der Waals surface area (Å²) in [5.74, 6) is 0.717. The Morgan fingerprint density at radius 1 is 1.39 bits per heavy atom. The van der Waals surface area contributed by atoms with E-state index in [0.717, 1.165) is 11.3 Å². The highest BCUT2D eigenvalue weighted by molar-refractivity contribution is 7.10. The minimum atomic E-state index is -0.0975. The Bertz CT molecular complexity index is 688. The zero-order valence-electron chi connectivity index (χ0n) is 12.7. The summed E-state index contributed by atoms with van der Waals surface area (Å²) in [6.07, 6.45) is 7.22. The van der Waals surface area contributed by atoms with Crippen molar-refractivity contribution in [2.45, 2.75) is 12.5 Å². The molecule has 23 heavy (non-hydrogen) atoms. The number of amides is 1. The van der Waals surface area contributed by atoms with Crippen LogP contribution in [0.2, 0.25) is 0 Å². The molecule has 1 unspecified atom stereocenters. The standard InChI is InChI=1S/C16H17N3O3S/c1-21-15-16(18-8-7-17-15)22-12-6-9-19(11-12)14(20)5-4-13-3-2-10-23-13/h2-5,7-8,10,12H,6,9,11H2,1H3. The molecule has 0 N–H and O–H groups in total. The summed E-state index contributed by atoms with van der Waals surface area (Å²) in [5, 5.41) is 1.98. The lowest BCUT2D eigenvalue weighted by molar-refractivity contribution is -0.125. The number of hydrogen-bond donors (Lipinski definition) is 0. The van der Waals surface area contributed by atoms with Crippen molar-refractivity contribution in [3.63, 3.8) is 0 Å². The van der Waals surface area contributed by atoms with Crippen molar-refractivity contribution in [2.75, 3.05) is 20.2 Å². The Labute approximate surface area is 138 Å². The minimum Gasteiger partial charge on any atom is -0.477 e. The molecule has 2 aromatic heterocycles. The maximum Gasteiger partial charge on any atom is 0.278 e. The van der Waals surface area contributed by atoms with E-state index in [4.69, 9.17) is 9.47 Å². The van der Waals surface area contributed by atoms with E-state index in [9.17, 15) is 4.79 Å². The molecular weight excluding hydrogens is 314 g/mol. The van der Waals surface area contributed by atoms with E-state index in [2.05, 4.69) is 9.97 Å². The van der Waals surface area contributed by atoms with Gasteiger partial charge in [-0.05, 0) is 17.5 Å². The van der Waals surface area contributed by atoms with Crippen LogP contribution in [-0.2, 0) is 4.79 Å². The van der Waals surface area contributed by atoms with Crippen LogP contribution in [0, 0.1) is 0 Å². The summed E-state index contributed by atoms with van der Waals surface area (Å²) < 4.78 is 10.9. The predicted molar refractivity (Wildman–Crippen MR) is 87.6 cm³/mol. The molecule has 0 bridgehead atoms. The van der Waals surface area contributed by atoms with Crippen LogP contribution in [0.1, 0.15) is 11.3 Å². The van der Waals surface area contributed by atoms with Gasteiger partial charge in [-0.1, -0.05) is 6.07 Å². The van der Waals surface area contributed by atoms with Crippen molar-refractivity contribution in [1.29, 1.82) is 0 Å². The molecule has 0 radical (unpaired) electrons. The highest BCUT2D eigenvalue weighted by Crippen LogP contribution is 2.24. The molecule has 2 aromatic rings. The minimum absolute atomic E-state index is 0.00406. The van der Waals surface area contributed by atoms with Crippen molar-refractivity contribution in [3.8, 4) is 11.8 Å². The highest BCUT2D eigenvalue weighted by Gasteiger charge is 2.27. The lowest BCUT2D eigenvalue weighted by atomic mass is 10.3. The van der Waals surface area contributed by atoms with Crippen molar-refractivity contribution in [2.24, 2.45) is 0 Å². The molecular formula is C16H17N3O3S. The molecule has 120 valence electrons. The van der Waals surface area contributed by atoms with E-state index in [0.29, 0.717) is 24.8 Å². The van der Waals surface area contributed by atoms with E-state index in [1.54, 1.807) is 34.7 Å². The van der Waals surface area contributed by atoms with Gasteiger partial charge in [0.05, 0.1) is 13.7 Å². The van der Waals surface area contributed by atoms with Crippen LogP contribution in [0.4, 0.5) is 0 Å². The summed E-state index contributed by atoms with van der Waals surface area (Å²) in [4.78, 5) is 23.2. The molecule has 1 atom stereocenters. The zero-order chi connectivity index (χ0) is 16.1. The molecule has 3 heterocycles. The van der Waals surface area contributed by atoms with Crippen LogP contribution in [0.25, 0.3) is 6.08 Å². The van der Waals surface area contributed by atoms with Gasteiger partial charge in [0.15, 0.2) is 0 Å². The molecule has 3 rings (SSSR count). The first kappa shape index (κ1) is 15.5. The molecule has 1 amide bonds. The van der Waals surface area contributed by atoms with E-state index in [1.807, 2.05) is 23.6 Å². The number of carbonyl (C=O) groups is 1. The molecule has 0 aromatic carbocycles. The summed E-state index contributed by atoms with van der Waals surface area (Å²) in [6.45, 7) is 1.20. The fourth-order valence-corrected chi connectivity index (χ4v) is 2.98. The lowest BCUT2D eigenvalue weighted by Gasteiger charge is -2.15. The van der Waals surface area contributed by atoms with Gasteiger partial charge in [-0.25, -0.2) is 9.97 Å². The number of ether oxygens (including phenoxy) is 2. The van der Waals surface area contributed by atoms with Crippen molar-refractivity contribution in [1.82, 2.24) is 14.9 Å². The van der Waals surface area contributed by atoms with Crippen LogP contribution < -0.4 is 9.47 Å². The normalized spacial score (nSPS) is 17.6. The van der Waals surface area contributed by atoms with E-state index in [1.165, 1.54) is 7.11 Å². The molecule has 7 heteroatoms. The van der Waals surface area contributed by atoms with Gasteiger partial charge >= 0.3 is 0 Å². The predicted octanol–water partition coefficient (Wildman–Crippen LogP) is 2.24. The third-order valence-corrected chi connectivity index (χ3v) is 4.33. The Morgan fingerprint density at radius 3 is 2.96 bits per heavy atom. The third kappa shape index (κ3) is 3.87. The highest BCUT2D eigenvalue weighted by atomic mass is 32.1. The van der Waals surface area contributed by atoms with Gasteiger partial charge in [-0.3, -0.25) is 4.79 Å². The quantitative estimate of drug-likeness (QED) is 0.786. The number of aromatic nitrogens is 2. The van der Waals surface area contributed by atoms with Crippen LogP contribution in [0.5, 0.6) is 11.8 Å². The van der Waals surface area contributed by atoms with Crippen LogP contribution in [0.3, 0.4) is 0 Å². The number of nitrogens with zero attached hydrogens (tertiary/aromatic N) is 3. The Kier molecular flexibility index (Phi) is 4.87. The number of methoxy groups -OCH3 is 1. The molecule has 0 aliphatic carbocycles. The molecule has 0 saturated carbocycles. The first-order chi connectivity index (χ1) is 11.3. The summed E-state index contributed by atoms with van der Waals surface area (Å²) >= 11 is 1.60. The largest absolute Gasteiger partial charge is 0.477 e. The van der Waals surface area contributed by atoms with Gasteiger partial charge in [0.2, 0.25) is 5.91 Å². The molecule has 0 spiro atoms. The number of likely N-dealkylation sites (tertiary alicyclic amines) is 1. The monoisotopic (exact) mass is 331 g/mol. The Balaban J connectivity index is 1.57. The summed E-state index contributed by atoms with van der Waals surface area (Å²) in [6, 6.07) is 3.94. The van der Waals surface area contributed by atoms with Gasteiger partial charge in [0, 0.05) is 36.3 Å². The fourth-order valence-electron chi connectivity index (χ4n) is 2.36. The second-order valence-corrected chi connectivity index (χ2v) is 6.01. The molecule has 1 aliphatic rings. The van der Waals surface area contributed by atoms with Gasteiger partial charge in [-0.15, -0.1) is 11.3 Å². The van der Waals surface area contributed by atoms with Crippen molar-refractivity contribution < 1.29 is 14.3 Å². The van der Waals surface area contributed by atoms with Gasteiger partial charge < -0.3 is 14.4 Å². The van der Waals surface area contributed by atoms with Crippen molar-refractivity contribution in [3.05, 3.63) is 40.9 Å². The molecule has 1 aliphatic heterocycles.